The maximum Gasteiger partial charge on any atom is 0.410 e. The summed E-state index contributed by atoms with van der Waals surface area (Å²) >= 11 is 0. The molecule has 0 aliphatic carbocycles. The Morgan fingerprint density at radius 2 is 1.61 bits per heavy atom. The fraction of sp³-hybridized carbons (Fsp3) is 0.278. The van der Waals surface area contributed by atoms with Crippen molar-refractivity contribution in [2.24, 2.45) is 0 Å². The molecule has 2 aromatic carbocycles. The molecule has 5 nitrogen and oxygen atoms in total. The Labute approximate surface area is 135 Å². The molecule has 1 aliphatic rings. The molecule has 0 bridgehead atoms. The Bertz CT molecular complexity index is 652. The lowest BCUT2D eigenvalue weighted by Gasteiger charge is -2.35. The van der Waals surface area contributed by atoms with Crippen molar-refractivity contribution in [2.45, 2.75) is 6.61 Å². The topological polar surface area (TPSA) is 53.0 Å². The number of piperazine rings is 1. The zero-order chi connectivity index (χ0) is 16.1. The van der Waals surface area contributed by atoms with Gasteiger partial charge in [0.15, 0.2) is 0 Å². The second-order valence-electron chi connectivity index (χ2n) is 5.50. The predicted octanol–water partition coefficient (Wildman–Crippen LogP) is 2.85. The fourth-order valence-corrected chi connectivity index (χ4v) is 2.67. The summed E-state index contributed by atoms with van der Waals surface area (Å²) < 4.78 is 5.35. The maximum absolute atomic E-state index is 12.1. The molecule has 0 saturated carbocycles. The van der Waals surface area contributed by atoms with Gasteiger partial charge in [0.2, 0.25) is 0 Å². The van der Waals surface area contributed by atoms with Gasteiger partial charge in [-0.05, 0) is 17.7 Å². The predicted molar refractivity (Wildman–Crippen MR) is 88.5 cm³/mol. The number of carbonyl (C=O) groups excluding carboxylic acids is 1. The average Bonchev–Trinajstić information content (AvgIpc) is 2.61. The summed E-state index contributed by atoms with van der Waals surface area (Å²) in [6.07, 6.45) is -0.286. The van der Waals surface area contributed by atoms with Crippen molar-refractivity contribution in [2.75, 3.05) is 31.1 Å². The lowest BCUT2D eigenvalue weighted by molar-refractivity contribution is 0.0942. The van der Waals surface area contributed by atoms with Gasteiger partial charge in [-0.2, -0.15) is 0 Å². The van der Waals surface area contributed by atoms with E-state index in [0.29, 0.717) is 32.8 Å². The van der Waals surface area contributed by atoms with Gasteiger partial charge < -0.3 is 19.6 Å². The Kier molecular flexibility index (Phi) is 4.66. The van der Waals surface area contributed by atoms with Crippen LogP contribution in [0.15, 0.2) is 54.6 Å². The molecule has 1 aliphatic heterocycles. The molecule has 0 atom stereocenters. The molecule has 3 rings (SSSR count). The summed E-state index contributed by atoms with van der Waals surface area (Å²) in [5.74, 6) is 0.271. The van der Waals surface area contributed by atoms with Gasteiger partial charge in [0.05, 0.1) is 5.69 Å². The molecule has 0 spiro atoms. The highest BCUT2D eigenvalue weighted by Crippen LogP contribution is 2.27. The molecule has 2 aromatic rings. The van der Waals surface area contributed by atoms with E-state index in [-0.39, 0.29) is 11.8 Å². The van der Waals surface area contributed by atoms with E-state index in [0.717, 1.165) is 11.3 Å². The molecule has 0 aromatic heterocycles. The van der Waals surface area contributed by atoms with Gasteiger partial charge in [0, 0.05) is 26.2 Å². The van der Waals surface area contributed by atoms with Crippen LogP contribution in [-0.4, -0.2) is 42.3 Å². The number of phenols is 1. The number of rotatable bonds is 3. The van der Waals surface area contributed by atoms with E-state index in [4.69, 9.17) is 4.74 Å². The van der Waals surface area contributed by atoms with Crippen LogP contribution in [0, 0.1) is 0 Å². The van der Waals surface area contributed by atoms with E-state index in [2.05, 4.69) is 4.90 Å². The van der Waals surface area contributed by atoms with Gasteiger partial charge in [-0.1, -0.05) is 42.5 Å². The number of para-hydroxylation sites is 2. The van der Waals surface area contributed by atoms with Crippen molar-refractivity contribution < 1.29 is 14.6 Å². The van der Waals surface area contributed by atoms with Gasteiger partial charge in [-0.3, -0.25) is 0 Å². The number of phenolic OH excluding ortho intramolecular Hbond substituents is 1. The zero-order valence-electron chi connectivity index (χ0n) is 12.9. The monoisotopic (exact) mass is 312 g/mol. The standard InChI is InChI=1S/C18H20N2O3/c21-17-9-5-4-8-16(17)19-10-12-20(13-11-19)18(22)23-14-15-6-2-1-3-7-15/h1-9,21H,10-14H2. The summed E-state index contributed by atoms with van der Waals surface area (Å²) in [5, 5.41) is 9.90. The molecule has 120 valence electrons. The molecule has 0 unspecified atom stereocenters. The van der Waals surface area contributed by atoms with E-state index in [1.54, 1.807) is 17.0 Å². The van der Waals surface area contributed by atoms with Crippen molar-refractivity contribution in [3.63, 3.8) is 0 Å². The summed E-state index contributed by atoms with van der Waals surface area (Å²) in [5.41, 5.74) is 1.79. The van der Waals surface area contributed by atoms with E-state index < -0.39 is 0 Å². The number of aromatic hydroxyl groups is 1. The Hall–Kier alpha value is -2.69. The number of anilines is 1. The average molecular weight is 312 g/mol. The Balaban J connectivity index is 1.50. The smallest absolute Gasteiger partial charge is 0.410 e. The van der Waals surface area contributed by atoms with Crippen molar-refractivity contribution in [1.29, 1.82) is 0 Å². The highest BCUT2D eigenvalue weighted by molar-refractivity contribution is 5.68. The molecule has 1 heterocycles. The third-order valence-corrected chi connectivity index (χ3v) is 3.97. The van der Waals surface area contributed by atoms with Crippen LogP contribution in [0.1, 0.15) is 5.56 Å². The summed E-state index contributed by atoms with van der Waals surface area (Å²) in [6.45, 7) is 2.82. The first-order valence-corrected chi connectivity index (χ1v) is 7.72. The van der Waals surface area contributed by atoms with E-state index in [1.165, 1.54) is 0 Å². The lowest BCUT2D eigenvalue weighted by Crippen LogP contribution is -2.48. The quantitative estimate of drug-likeness (QED) is 0.947. The van der Waals surface area contributed by atoms with Crippen LogP contribution in [-0.2, 0) is 11.3 Å². The van der Waals surface area contributed by atoms with Crippen LogP contribution in [0.2, 0.25) is 0 Å². The summed E-state index contributed by atoms with van der Waals surface area (Å²) in [7, 11) is 0. The Morgan fingerprint density at radius 1 is 0.957 bits per heavy atom. The lowest BCUT2D eigenvalue weighted by atomic mass is 10.2. The number of carbonyl (C=O) groups is 1. The number of nitrogens with zero attached hydrogens (tertiary/aromatic N) is 2. The number of benzene rings is 2. The summed E-state index contributed by atoms with van der Waals surface area (Å²) in [6, 6.07) is 16.9. The third kappa shape index (κ3) is 3.74. The molecule has 23 heavy (non-hydrogen) atoms. The summed E-state index contributed by atoms with van der Waals surface area (Å²) in [4.78, 5) is 15.9. The van der Waals surface area contributed by atoms with Crippen LogP contribution in [0.5, 0.6) is 5.75 Å². The van der Waals surface area contributed by atoms with Crippen molar-refractivity contribution in [3.8, 4) is 5.75 Å². The molecule has 1 amide bonds. The SMILES string of the molecule is O=C(OCc1ccccc1)N1CCN(c2ccccc2O)CC1. The first-order chi connectivity index (χ1) is 11.2. The van der Waals surface area contributed by atoms with Gasteiger partial charge in [0.1, 0.15) is 12.4 Å². The molecular formula is C18H20N2O3. The number of ether oxygens (including phenoxy) is 1. The van der Waals surface area contributed by atoms with Gasteiger partial charge in [0.25, 0.3) is 0 Å². The first-order valence-electron chi connectivity index (χ1n) is 7.72. The molecule has 1 saturated heterocycles. The Morgan fingerprint density at radius 3 is 2.30 bits per heavy atom. The zero-order valence-corrected chi connectivity index (χ0v) is 12.9. The minimum absolute atomic E-state index is 0.271. The van der Waals surface area contributed by atoms with E-state index >= 15 is 0 Å². The second kappa shape index (κ2) is 7.05. The van der Waals surface area contributed by atoms with E-state index in [1.807, 2.05) is 42.5 Å². The highest BCUT2D eigenvalue weighted by atomic mass is 16.6. The van der Waals surface area contributed by atoms with Gasteiger partial charge in [-0.25, -0.2) is 4.79 Å². The molecule has 5 heteroatoms. The van der Waals surface area contributed by atoms with Crippen molar-refractivity contribution in [3.05, 3.63) is 60.2 Å². The van der Waals surface area contributed by atoms with Crippen molar-refractivity contribution >= 4 is 11.8 Å². The first kappa shape index (κ1) is 15.2. The maximum atomic E-state index is 12.1. The fourth-order valence-electron chi connectivity index (χ4n) is 2.67. The second-order valence-corrected chi connectivity index (χ2v) is 5.50. The number of hydrogen-bond acceptors (Lipinski definition) is 4. The van der Waals surface area contributed by atoms with Crippen LogP contribution >= 0.6 is 0 Å². The van der Waals surface area contributed by atoms with Crippen molar-refractivity contribution in [1.82, 2.24) is 4.90 Å². The van der Waals surface area contributed by atoms with Gasteiger partial charge in [-0.15, -0.1) is 0 Å². The molecular weight excluding hydrogens is 292 g/mol. The highest BCUT2D eigenvalue weighted by Gasteiger charge is 2.23. The van der Waals surface area contributed by atoms with E-state index in [9.17, 15) is 9.90 Å². The minimum Gasteiger partial charge on any atom is -0.506 e. The largest absolute Gasteiger partial charge is 0.506 e. The van der Waals surface area contributed by atoms with Crippen LogP contribution < -0.4 is 4.90 Å². The molecule has 0 radical (unpaired) electrons. The molecule has 1 N–H and O–H groups in total. The molecule has 1 fully saturated rings. The number of hydrogen-bond donors (Lipinski definition) is 1. The van der Waals surface area contributed by atoms with Crippen LogP contribution in [0.3, 0.4) is 0 Å². The number of amides is 1. The van der Waals surface area contributed by atoms with Gasteiger partial charge >= 0.3 is 6.09 Å². The van der Waals surface area contributed by atoms with Crippen LogP contribution in [0.4, 0.5) is 10.5 Å². The normalized spacial score (nSPS) is 14.6. The van der Waals surface area contributed by atoms with Crippen LogP contribution in [0.25, 0.3) is 0 Å². The minimum atomic E-state index is -0.286. The third-order valence-electron chi connectivity index (χ3n) is 3.97.